The highest BCUT2D eigenvalue weighted by atomic mass is 35.5. The van der Waals surface area contributed by atoms with Crippen molar-refractivity contribution in [2.24, 2.45) is 5.73 Å². The maximum atomic E-state index is 5.88. The minimum Gasteiger partial charge on any atom is -0.489 e. The van der Waals surface area contributed by atoms with Crippen LogP contribution < -0.4 is 10.5 Å². The summed E-state index contributed by atoms with van der Waals surface area (Å²) in [5.41, 5.74) is 7.53. The Balaban J connectivity index is 2.07. The number of hydrogen-bond donors (Lipinski definition) is 1. The normalized spacial score (nSPS) is 10.5. The molecule has 2 rings (SSSR count). The first kappa shape index (κ1) is 12.0. The van der Waals surface area contributed by atoms with Gasteiger partial charge in [-0.25, -0.2) is 0 Å². The topological polar surface area (TPSA) is 48.4 Å². The van der Waals surface area contributed by atoms with Crippen molar-refractivity contribution < 1.29 is 9.15 Å². The summed E-state index contributed by atoms with van der Waals surface area (Å²) in [7, 11) is 0. The molecule has 0 saturated heterocycles. The van der Waals surface area contributed by atoms with Crippen molar-refractivity contribution in [3.05, 3.63) is 52.4 Å². The largest absolute Gasteiger partial charge is 0.489 e. The highest BCUT2D eigenvalue weighted by Crippen LogP contribution is 2.23. The van der Waals surface area contributed by atoms with Gasteiger partial charge in [-0.2, -0.15) is 0 Å². The molecule has 2 aromatic rings. The average Bonchev–Trinajstić information content (AvgIpc) is 2.75. The zero-order valence-electron chi connectivity index (χ0n) is 9.57. The summed E-state index contributed by atoms with van der Waals surface area (Å²) in [5, 5.41) is 0.709. The Morgan fingerprint density at radius 1 is 1.35 bits per heavy atom. The van der Waals surface area contributed by atoms with Crippen LogP contribution in [-0.2, 0) is 13.2 Å². The van der Waals surface area contributed by atoms with Crippen molar-refractivity contribution in [1.82, 2.24) is 0 Å². The molecule has 1 aromatic heterocycles. The molecule has 0 aliphatic carbocycles. The molecule has 0 radical (unpaired) electrons. The molecule has 0 unspecified atom stereocenters. The maximum Gasteiger partial charge on any atom is 0.123 e. The highest BCUT2D eigenvalue weighted by molar-refractivity contribution is 6.30. The molecule has 0 spiro atoms. The second-order valence-electron chi connectivity index (χ2n) is 3.77. The molecule has 0 aliphatic rings. The summed E-state index contributed by atoms with van der Waals surface area (Å²) >= 11 is 5.88. The molecule has 0 bridgehead atoms. The zero-order valence-corrected chi connectivity index (χ0v) is 10.3. The van der Waals surface area contributed by atoms with Crippen LogP contribution in [0.4, 0.5) is 0 Å². The summed E-state index contributed by atoms with van der Waals surface area (Å²) in [5.74, 6) is 1.58. The Hall–Kier alpha value is -1.45. The van der Waals surface area contributed by atoms with Crippen LogP contribution in [0.1, 0.15) is 16.9 Å². The summed E-state index contributed by atoms with van der Waals surface area (Å²) in [6, 6.07) is 7.41. The molecule has 0 saturated carbocycles. The lowest BCUT2D eigenvalue weighted by molar-refractivity contribution is 0.300. The van der Waals surface area contributed by atoms with Gasteiger partial charge in [-0.1, -0.05) is 11.6 Å². The molecule has 4 heteroatoms. The Morgan fingerprint density at radius 3 is 2.88 bits per heavy atom. The average molecular weight is 252 g/mol. The van der Waals surface area contributed by atoms with Gasteiger partial charge in [-0.15, -0.1) is 0 Å². The molecule has 0 atom stereocenters. The molecular formula is C13H14ClNO2. The monoisotopic (exact) mass is 251 g/mol. The van der Waals surface area contributed by atoms with Crippen molar-refractivity contribution in [3.8, 4) is 5.75 Å². The van der Waals surface area contributed by atoms with Crippen LogP contribution in [0.5, 0.6) is 5.75 Å². The van der Waals surface area contributed by atoms with E-state index in [2.05, 4.69) is 0 Å². The quantitative estimate of drug-likeness (QED) is 0.907. The van der Waals surface area contributed by atoms with E-state index >= 15 is 0 Å². The third-order valence-corrected chi connectivity index (χ3v) is 2.78. The van der Waals surface area contributed by atoms with Crippen LogP contribution >= 0.6 is 11.6 Å². The third kappa shape index (κ3) is 2.81. The van der Waals surface area contributed by atoms with Gasteiger partial charge in [0, 0.05) is 10.6 Å². The SMILES string of the molecule is Cc1cc(Cl)ccc1OCc1ccoc1CN. The second kappa shape index (κ2) is 5.25. The van der Waals surface area contributed by atoms with E-state index in [1.807, 2.05) is 31.2 Å². The van der Waals surface area contributed by atoms with Crippen LogP contribution in [0, 0.1) is 6.92 Å². The van der Waals surface area contributed by atoms with Crippen molar-refractivity contribution in [3.63, 3.8) is 0 Å². The predicted octanol–water partition coefficient (Wildman–Crippen LogP) is 3.28. The Bertz CT molecular complexity index is 508. The minimum absolute atomic E-state index is 0.380. The number of halogens is 1. The van der Waals surface area contributed by atoms with Gasteiger partial charge in [0.05, 0.1) is 12.8 Å². The molecule has 17 heavy (non-hydrogen) atoms. The van der Waals surface area contributed by atoms with Crippen LogP contribution in [0.2, 0.25) is 5.02 Å². The highest BCUT2D eigenvalue weighted by Gasteiger charge is 2.06. The van der Waals surface area contributed by atoms with E-state index in [1.54, 1.807) is 6.26 Å². The number of aryl methyl sites for hydroxylation is 1. The van der Waals surface area contributed by atoms with Gasteiger partial charge in [0.1, 0.15) is 18.1 Å². The Kier molecular flexibility index (Phi) is 3.71. The smallest absolute Gasteiger partial charge is 0.123 e. The minimum atomic E-state index is 0.380. The number of ether oxygens (including phenoxy) is 1. The molecular weight excluding hydrogens is 238 g/mol. The van der Waals surface area contributed by atoms with Crippen molar-refractivity contribution in [2.45, 2.75) is 20.1 Å². The molecule has 3 nitrogen and oxygen atoms in total. The molecule has 0 amide bonds. The number of nitrogens with two attached hydrogens (primary N) is 1. The summed E-state index contributed by atoms with van der Waals surface area (Å²) in [6.45, 7) is 2.79. The molecule has 0 aliphatic heterocycles. The number of furan rings is 1. The number of hydrogen-bond acceptors (Lipinski definition) is 3. The van der Waals surface area contributed by atoms with Crippen LogP contribution in [0.3, 0.4) is 0 Å². The van der Waals surface area contributed by atoms with Gasteiger partial charge in [0.2, 0.25) is 0 Å². The molecule has 1 heterocycles. The van der Waals surface area contributed by atoms with Gasteiger partial charge in [0.15, 0.2) is 0 Å². The summed E-state index contributed by atoms with van der Waals surface area (Å²) in [6.07, 6.45) is 1.62. The van der Waals surface area contributed by atoms with Gasteiger partial charge < -0.3 is 14.9 Å². The van der Waals surface area contributed by atoms with Crippen LogP contribution in [0.15, 0.2) is 34.9 Å². The Morgan fingerprint density at radius 2 is 2.18 bits per heavy atom. The number of rotatable bonds is 4. The standard InChI is InChI=1S/C13H14ClNO2/c1-9-6-11(14)2-3-12(9)17-8-10-4-5-16-13(10)7-15/h2-6H,7-8,15H2,1H3. The van der Waals surface area contributed by atoms with E-state index in [0.29, 0.717) is 18.2 Å². The van der Waals surface area contributed by atoms with E-state index in [-0.39, 0.29) is 0 Å². The first-order valence-corrected chi connectivity index (χ1v) is 5.72. The van der Waals surface area contributed by atoms with E-state index in [1.165, 1.54) is 0 Å². The molecule has 2 N–H and O–H groups in total. The zero-order chi connectivity index (χ0) is 12.3. The van der Waals surface area contributed by atoms with Crippen molar-refractivity contribution >= 4 is 11.6 Å². The number of benzene rings is 1. The summed E-state index contributed by atoms with van der Waals surface area (Å²) in [4.78, 5) is 0. The van der Waals surface area contributed by atoms with Gasteiger partial charge in [-0.3, -0.25) is 0 Å². The molecule has 1 aromatic carbocycles. The van der Waals surface area contributed by atoms with Crippen molar-refractivity contribution in [2.75, 3.05) is 0 Å². The van der Waals surface area contributed by atoms with Crippen LogP contribution in [-0.4, -0.2) is 0 Å². The van der Waals surface area contributed by atoms with Gasteiger partial charge in [-0.05, 0) is 36.8 Å². The fraction of sp³-hybridized carbons (Fsp3) is 0.231. The van der Waals surface area contributed by atoms with E-state index < -0.39 is 0 Å². The Labute approximate surface area is 105 Å². The van der Waals surface area contributed by atoms with Crippen LogP contribution in [0.25, 0.3) is 0 Å². The predicted molar refractivity (Wildman–Crippen MR) is 67.1 cm³/mol. The van der Waals surface area contributed by atoms with E-state index in [4.69, 9.17) is 26.5 Å². The molecule has 0 fully saturated rings. The van der Waals surface area contributed by atoms with E-state index in [0.717, 1.165) is 22.6 Å². The van der Waals surface area contributed by atoms with Crippen molar-refractivity contribution in [1.29, 1.82) is 0 Å². The van der Waals surface area contributed by atoms with Gasteiger partial charge in [0.25, 0.3) is 0 Å². The first-order valence-electron chi connectivity index (χ1n) is 5.35. The first-order chi connectivity index (χ1) is 8.20. The fourth-order valence-electron chi connectivity index (χ4n) is 1.61. The fourth-order valence-corrected chi connectivity index (χ4v) is 1.83. The maximum absolute atomic E-state index is 5.88. The van der Waals surface area contributed by atoms with Gasteiger partial charge >= 0.3 is 0 Å². The lowest BCUT2D eigenvalue weighted by Crippen LogP contribution is -2.02. The van der Waals surface area contributed by atoms with E-state index in [9.17, 15) is 0 Å². The second-order valence-corrected chi connectivity index (χ2v) is 4.21. The summed E-state index contributed by atoms with van der Waals surface area (Å²) < 4.78 is 10.9. The third-order valence-electron chi connectivity index (χ3n) is 2.54. The lowest BCUT2D eigenvalue weighted by Gasteiger charge is -2.09. The lowest BCUT2D eigenvalue weighted by atomic mass is 10.2. The molecule has 90 valence electrons.